The summed E-state index contributed by atoms with van der Waals surface area (Å²) in [6.45, 7) is 3.97. The molecule has 0 bridgehead atoms. The van der Waals surface area contributed by atoms with Crippen molar-refractivity contribution in [3.8, 4) is 0 Å². The third kappa shape index (κ3) is 1.73. The highest BCUT2D eigenvalue weighted by Gasteiger charge is 2.11. The molecule has 4 heteroatoms. The zero-order valence-electron chi connectivity index (χ0n) is 6.52. The number of hydrogen-bond acceptors (Lipinski definition) is 3. The Bertz CT molecular complexity index is 247. The van der Waals surface area contributed by atoms with Crippen molar-refractivity contribution in [2.75, 3.05) is 0 Å². The molecule has 0 saturated carbocycles. The second kappa shape index (κ2) is 3.54. The van der Waals surface area contributed by atoms with E-state index in [1.807, 2.05) is 19.2 Å². The number of hydrazine groups is 1. The lowest BCUT2D eigenvalue weighted by atomic mass is 10.2. The molecule has 0 radical (unpaired) electrons. The summed E-state index contributed by atoms with van der Waals surface area (Å²) >= 11 is 7.63. The van der Waals surface area contributed by atoms with Crippen LogP contribution in [0, 0.1) is 6.92 Å². The molecule has 11 heavy (non-hydrogen) atoms. The van der Waals surface area contributed by atoms with Crippen LogP contribution >= 0.6 is 22.9 Å². The smallest absolute Gasteiger partial charge is 0.0590 e. The van der Waals surface area contributed by atoms with Gasteiger partial charge in [0.1, 0.15) is 0 Å². The van der Waals surface area contributed by atoms with Gasteiger partial charge in [-0.1, -0.05) is 11.6 Å². The maximum absolute atomic E-state index is 6.00. The number of hydrogen-bond donors (Lipinski definition) is 2. The van der Waals surface area contributed by atoms with Crippen LogP contribution in [-0.4, -0.2) is 0 Å². The average Bonchev–Trinajstić information content (AvgIpc) is 2.32. The van der Waals surface area contributed by atoms with E-state index in [1.165, 1.54) is 0 Å². The molecule has 62 valence electrons. The zero-order chi connectivity index (χ0) is 8.43. The number of nitrogens with one attached hydrogen (secondary N) is 1. The molecule has 0 aromatic carbocycles. The molecule has 1 heterocycles. The van der Waals surface area contributed by atoms with E-state index in [0.29, 0.717) is 0 Å². The monoisotopic (exact) mass is 190 g/mol. The van der Waals surface area contributed by atoms with E-state index in [4.69, 9.17) is 17.4 Å². The quantitative estimate of drug-likeness (QED) is 0.555. The molecular formula is C7H11ClN2S. The highest BCUT2D eigenvalue weighted by molar-refractivity contribution is 7.10. The van der Waals surface area contributed by atoms with Crippen molar-refractivity contribution in [1.82, 2.24) is 5.43 Å². The molecule has 1 unspecified atom stereocenters. The minimum atomic E-state index is 0.140. The summed E-state index contributed by atoms with van der Waals surface area (Å²) in [6.07, 6.45) is 0. The van der Waals surface area contributed by atoms with Crippen LogP contribution in [0.4, 0.5) is 0 Å². The van der Waals surface area contributed by atoms with Gasteiger partial charge in [0.2, 0.25) is 0 Å². The predicted molar refractivity (Wildman–Crippen MR) is 49.8 cm³/mol. The molecule has 0 fully saturated rings. The second-order valence-electron chi connectivity index (χ2n) is 2.49. The van der Waals surface area contributed by atoms with Crippen LogP contribution in [0.15, 0.2) is 5.38 Å². The molecule has 0 saturated heterocycles. The van der Waals surface area contributed by atoms with Gasteiger partial charge in [-0.25, -0.2) is 0 Å². The Labute approximate surface area is 75.3 Å². The fourth-order valence-corrected chi connectivity index (χ4v) is 2.19. The summed E-state index contributed by atoms with van der Waals surface area (Å²) in [5.41, 5.74) is 3.78. The van der Waals surface area contributed by atoms with Crippen molar-refractivity contribution in [2.24, 2.45) is 5.84 Å². The highest BCUT2D eigenvalue weighted by Crippen LogP contribution is 2.31. The first-order valence-electron chi connectivity index (χ1n) is 3.36. The standard InChI is InChI=1S/C7H11ClN2S/c1-4-3-11-7(6(4)8)5(2)10-9/h3,5,10H,9H2,1-2H3. The van der Waals surface area contributed by atoms with Crippen LogP contribution in [0.3, 0.4) is 0 Å². The third-order valence-electron chi connectivity index (χ3n) is 1.57. The average molecular weight is 191 g/mol. The molecule has 0 spiro atoms. The summed E-state index contributed by atoms with van der Waals surface area (Å²) < 4.78 is 0. The van der Waals surface area contributed by atoms with Gasteiger partial charge in [-0.15, -0.1) is 11.3 Å². The first-order valence-corrected chi connectivity index (χ1v) is 4.62. The molecule has 1 aromatic heterocycles. The van der Waals surface area contributed by atoms with E-state index in [0.717, 1.165) is 15.5 Å². The maximum atomic E-state index is 6.00. The summed E-state index contributed by atoms with van der Waals surface area (Å²) in [5.74, 6) is 5.28. The van der Waals surface area contributed by atoms with Gasteiger partial charge in [-0.05, 0) is 24.8 Å². The molecule has 1 aromatic rings. The van der Waals surface area contributed by atoms with Crippen LogP contribution in [0.25, 0.3) is 0 Å². The molecule has 0 aliphatic heterocycles. The van der Waals surface area contributed by atoms with Crippen LogP contribution in [0.2, 0.25) is 5.02 Å². The van der Waals surface area contributed by atoms with Crippen molar-refractivity contribution in [2.45, 2.75) is 19.9 Å². The van der Waals surface area contributed by atoms with Gasteiger partial charge in [0.25, 0.3) is 0 Å². The van der Waals surface area contributed by atoms with E-state index in [9.17, 15) is 0 Å². The Kier molecular flexibility index (Phi) is 2.90. The van der Waals surface area contributed by atoms with Gasteiger partial charge < -0.3 is 0 Å². The van der Waals surface area contributed by atoms with E-state index < -0.39 is 0 Å². The molecule has 1 rings (SSSR count). The lowest BCUT2D eigenvalue weighted by molar-refractivity contribution is 0.612. The molecule has 1 atom stereocenters. The largest absolute Gasteiger partial charge is 0.271 e. The minimum Gasteiger partial charge on any atom is -0.271 e. The summed E-state index contributed by atoms with van der Waals surface area (Å²) in [6, 6.07) is 0.140. The Balaban J connectivity index is 2.94. The van der Waals surface area contributed by atoms with Crippen LogP contribution in [-0.2, 0) is 0 Å². The van der Waals surface area contributed by atoms with Gasteiger partial charge in [-0.2, -0.15) is 0 Å². The Morgan fingerprint density at radius 1 is 1.73 bits per heavy atom. The number of nitrogens with two attached hydrogens (primary N) is 1. The third-order valence-corrected chi connectivity index (χ3v) is 3.47. The SMILES string of the molecule is Cc1csc(C(C)NN)c1Cl. The second-order valence-corrected chi connectivity index (χ2v) is 3.77. The fraction of sp³-hybridized carbons (Fsp3) is 0.429. The van der Waals surface area contributed by atoms with Crippen LogP contribution in [0.5, 0.6) is 0 Å². The molecule has 3 N–H and O–H groups in total. The van der Waals surface area contributed by atoms with Crippen molar-refractivity contribution >= 4 is 22.9 Å². The van der Waals surface area contributed by atoms with Gasteiger partial charge in [0, 0.05) is 4.88 Å². The van der Waals surface area contributed by atoms with Crippen LogP contribution < -0.4 is 11.3 Å². The lowest BCUT2D eigenvalue weighted by Crippen LogP contribution is -2.25. The van der Waals surface area contributed by atoms with E-state index in [2.05, 4.69) is 5.43 Å². The maximum Gasteiger partial charge on any atom is 0.0590 e. The first kappa shape index (κ1) is 9.00. The van der Waals surface area contributed by atoms with E-state index in [-0.39, 0.29) is 6.04 Å². The normalized spacial score (nSPS) is 13.5. The van der Waals surface area contributed by atoms with E-state index >= 15 is 0 Å². The molecule has 0 aliphatic rings. The molecule has 2 nitrogen and oxygen atoms in total. The topological polar surface area (TPSA) is 38.0 Å². The van der Waals surface area contributed by atoms with Gasteiger partial charge in [-0.3, -0.25) is 11.3 Å². The molecule has 0 amide bonds. The van der Waals surface area contributed by atoms with Crippen LogP contribution in [0.1, 0.15) is 23.4 Å². The highest BCUT2D eigenvalue weighted by atomic mass is 35.5. The van der Waals surface area contributed by atoms with Crippen molar-refractivity contribution in [1.29, 1.82) is 0 Å². The Morgan fingerprint density at radius 3 is 2.73 bits per heavy atom. The zero-order valence-corrected chi connectivity index (χ0v) is 8.09. The number of rotatable bonds is 2. The van der Waals surface area contributed by atoms with Gasteiger partial charge in [0.15, 0.2) is 0 Å². The summed E-state index contributed by atoms with van der Waals surface area (Å²) in [4.78, 5) is 1.10. The molecule has 0 aliphatic carbocycles. The first-order chi connectivity index (χ1) is 5.16. The Hall–Kier alpha value is -0.0900. The Morgan fingerprint density at radius 2 is 2.36 bits per heavy atom. The number of thiophene rings is 1. The van der Waals surface area contributed by atoms with Crippen molar-refractivity contribution in [3.05, 3.63) is 20.8 Å². The van der Waals surface area contributed by atoms with Crippen molar-refractivity contribution in [3.63, 3.8) is 0 Å². The van der Waals surface area contributed by atoms with Crippen molar-refractivity contribution < 1.29 is 0 Å². The number of halogens is 1. The van der Waals surface area contributed by atoms with Gasteiger partial charge in [0.05, 0.1) is 11.1 Å². The van der Waals surface area contributed by atoms with E-state index in [1.54, 1.807) is 11.3 Å². The minimum absolute atomic E-state index is 0.140. The summed E-state index contributed by atoms with van der Waals surface area (Å²) in [7, 11) is 0. The fourth-order valence-electron chi connectivity index (χ4n) is 0.818. The van der Waals surface area contributed by atoms with Gasteiger partial charge >= 0.3 is 0 Å². The predicted octanol–water partition coefficient (Wildman–Crippen LogP) is 2.23. The number of aryl methyl sites for hydroxylation is 1. The summed E-state index contributed by atoms with van der Waals surface area (Å²) in [5, 5.41) is 2.87. The lowest BCUT2D eigenvalue weighted by Gasteiger charge is -2.07. The molecular weight excluding hydrogens is 180 g/mol.